The lowest BCUT2D eigenvalue weighted by atomic mass is 10.2. The Morgan fingerprint density at radius 1 is 1.00 bits per heavy atom. The molecule has 0 aromatic heterocycles. The predicted molar refractivity (Wildman–Crippen MR) is 77.0 cm³/mol. The highest BCUT2D eigenvalue weighted by Gasteiger charge is 2.17. The minimum absolute atomic E-state index is 0.150. The van der Waals surface area contributed by atoms with Crippen LogP contribution in [0.2, 0.25) is 0 Å². The molecule has 2 aromatic rings. The van der Waals surface area contributed by atoms with Gasteiger partial charge in [0.25, 0.3) is 0 Å². The fourth-order valence-corrected chi connectivity index (χ4v) is 2.70. The third-order valence-electron chi connectivity index (χ3n) is 2.75. The monoisotopic (exact) mass is 273 g/mol. The average Bonchev–Trinajstić information content (AvgIpc) is 2.40. The molecule has 0 aliphatic carbocycles. The van der Waals surface area contributed by atoms with E-state index in [9.17, 15) is 8.42 Å². The largest absolute Gasteiger partial charge is 0.389 e. The second-order valence-corrected chi connectivity index (χ2v) is 6.22. The maximum atomic E-state index is 12.3. The van der Waals surface area contributed by atoms with E-state index >= 15 is 0 Å². The average molecular weight is 273 g/mol. The van der Waals surface area contributed by atoms with Crippen LogP contribution >= 0.6 is 0 Å². The molecule has 3 nitrogen and oxygen atoms in total. The number of aryl methyl sites for hydroxylation is 1. The first-order valence-corrected chi connectivity index (χ1v) is 7.32. The minimum atomic E-state index is -3.62. The molecule has 2 aromatic carbocycles. The molecule has 0 saturated heterocycles. The van der Waals surface area contributed by atoms with Gasteiger partial charge in [0, 0.05) is 0 Å². The first-order chi connectivity index (χ1) is 9.00. The van der Waals surface area contributed by atoms with Crippen molar-refractivity contribution in [2.45, 2.75) is 11.8 Å². The van der Waals surface area contributed by atoms with Crippen LogP contribution in [0.25, 0.3) is 6.08 Å². The summed E-state index contributed by atoms with van der Waals surface area (Å²) in [6, 6.07) is 15.8. The van der Waals surface area contributed by atoms with Crippen LogP contribution in [0.1, 0.15) is 11.1 Å². The third-order valence-corrected chi connectivity index (χ3v) is 4.38. The van der Waals surface area contributed by atoms with E-state index in [4.69, 9.17) is 5.73 Å². The molecule has 0 spiro atoms. The molecule has 0 aliphatic rings. The Bertz CT molecular complexity index is 687. The van der Waals surface area contributed by atoms with E-state index in [0.717, 1.165) is 11.1 Å². The number of benzene rings is 2. The highest BCUT2D eigenvalue weighted by atomic mass is 32.2. The number of sulfone groups is 1. The van der Waals surface area contributed by atoms with Crippen molar-refractivity contribution < 1.29 is 8.42 Å². The van der Waals surface area contributed by atoms with Gasteiger partial charge in [0.15, 0.2) is 0 Å². The zero-order valence-corrected chi connectivity index (χ0v) is 11.4. The van der Waals surface area contributed by atoms with Gasteiger partial charge in [0.05, 0.1) is 4.90 Å². The lowest BCUT2D eigenvalue weighted by Gasteiger charge is -2.05. The number of hydrogen-bond acceptors (Lipinski definition) is 3. The summed E-state index contributed by atoms with van der Waals surface area (Å²) >= 11 is 0. The van der Waals surface area contributed by atoms with Gasteiger partial charge in [-0.05, 0) is 30.7 Å². The summed E-state index contributed by atoms with van der Waals surface area (Å²) in [5, 5.41) is -0.150. The Balaban J connectivity index is 2.40. The van der Waals surface area contributed by atoms with Crippen molar-refractivity contribution in [2.24, 2.45) is 5.73 Å². The summed E-state index contributed by atoms with van der Waals surface area (Å²) in [4.78, 5) is 0.211. The van der Waals surface area contributed by atoms with Gasteiger partial charge in [-0.15, -0.1) is 0 Å². The highest BCUT2D eigenvalue weighted by molar-refractivity contribution is 7.95. The van der Waals surface area contributed by atoms with Gasteiger partial charge in [0.2, 0.25) is 9.84 Å². The first kappa shape index (κ1) is 13.4. The Labute approximate surface area is 113 Å². The summed E-state index contributed by atoms with van der Waals surface area (Å²) in [7, 11) is -3.62. The first-order valence-electron chi connectivity index (χ1n) is 5.84. The zero-order valence-electron chi connectivity index (χ0n) is 10.6. The van der Waals surface area contributed by atoms with E-state index in [-0.39, 0.29) is 9.92 Å². The van der Waals surface area contributed by atoms with Crippen molar-refractivity contribution in [1.82, 2.24) is 0 Å². The molecule has 19 heavy (non-hydrogen) atoms. The van der Waals surface area contributed by atoms with Gasteiger partial charge in [-0.25, -0.2) is 8.42 Å². The maximum absolute atomic E-state index is 12.3. The molecule has 98 valence electrons. The number of rotatable bonds is 3. The molecule has 2 N–H and O–H groups in total. The molecular weight excluding hydrogens is 258 g/mol. The van der Waals surface area contributed by atoms with E-state index in [0.29, 0.717) is 0 Å². The minimum Gasteiger partial charge on any atom is -0.389 e. The summed E-state index contributed by atoms with van der Waals surface area (Å²) in [6.07, 6.45) is 1.47. The van der Waals surface area contributed by atoms with Crippen molar-refractivity contribution in [2.75, 3.05) is 0 Å². The molecule has 0 bridgehead atoms. The second kappa shape index (κ2) is 5.28. The molecule has 0 aliphatic heterocycles. The number of nitrogens with two attached hydrogens (primary N) is 1. The van der Waals surface area contributed by atoms with Crippen molar-refractivity contribution in [3.05, 3.63) is 70.8 Å². The van der Waals surface area contributed by atoms with Crippen LogP contribution < -0.4 is 5.73 Å². The predicted octanol–water partition coefficient (Wildman–Crippen LogP) is 2.73. The molecule has 0 unspecified atom stereocenters. The van der Waals surface area contributed by atoms with Crippen LogP contribution in [0.4, 0.5) is 0 Å². The lowest BCUT2D eigenvalue weighted by Crippen LogP contribution is -2.12. The Hall–Kier alpha value is -2.07. The molecule has 4 heteroatoms. The lowest BCUT2D eigenvalue weighted by molar-refractivity contribution is 0.602. The topological polar surface area (TPSA) is 60.2 Å². The van der Waals surface area contributed by atoms with Crippen LogP contribution in [0, 0.1) is 6.92 Å². The van der Waals surface area contributed by atoms with Gasteiger partial charge in [-0.2, -0.15) is 0 Å². The van der Waals surface area contributed by atoms with Gasteiger partial charge in [0.1, 0.15) is 5.03 Å². The van der Waals surface area contributed by atoms with Crippen LogP contribution in [0.15, 0.2) is 64.5 Å². The van der Waals surface area contributed by atoms with Gasteiger partial charge >= 0.3 is 0 Å². The quantitative estimate of drug-likeness (QED) is 0.935. The van der Waals surface area contributed by atoms with E-state index < -0.39 is 9.84 Å². The van der Waals surface area contributed by atoms with Gasteiger partial charge in [-0.1, -0.05) is 48.0 Å². The second-order valence-electron chi connectivity index (χ2n) is 4.27. The van der Waals surface area contributed by atoms with Crippen molar-refractivity contribution >= 4 is 15.9 Å². The fraction of sp³-hybridized carbons (Fsp3) is 0.0667. The molecular formula is C15H15NO2S. The summed E-state index contributed by atoms with van der Waals surface area (Å²) in [5.41, 5.74) is 7.49. The van der Waals surface area contributed by atoms with Crippen LogP contribution in [0.3, 0.4) is 0 Å². The van der Waals surface area contributed by atoms with Gasteiger partial charge in [-0.3, -0.25) is 0 Å². The summed E-state index contributed by atoms with van der Waals surface area (Å²) in [5.74, 6) is 0. The molecule has 0 amide bonds. The molecule has 0 heterocycles. The van der Waals surface area contributed by atoms with E-state index in [1.54, 1.807) is 36.4 Å². The van der Waals surface area contributed by atoms with Crippen LogP contribution in [0.5, 0.6) is 0 Å². The molecule has 0 atom stereocenters. The van der Waals surface area contributed by atoms with Crippen molar-refractivity contribution in [1.29, 1.82) is 0 Å². The van der Waals surface area contributed by atoms with Crippen molar-refractivity contribution in [3.8, 4) is 0 Å². The fourth-order valence-electron chi connectivity index (χ4n) is 1.64. The smallest absolute Gasteiger partial charge is 0.221 e. The standard InChI is InChI=1S/C15H15NO2S/c1-12-7-9-14(10-8-12)19(17,18)15(16)11-13-5-3-2-4-6-13/h2-11H,16H2,1H3. The van der Waals surface area contributed by atoms with Crippen LogP contribution in [-0.4, -0.2) is 8.42 Å². The SMILES string of the molecule is Cc1ccc(S(=O)(=O)C(N)=Cc2ccccc2)cc1. The molecule has 2 rings (SSSR count). The molecule has 0 saturated carbocycles. The normalized spacial score (nSPS) is 12.4. The van der Waals surface area contributed by atoms with E-state index in [1.165, 1.54) is 6.08 Å². The van der Waals surface area contributed by atoms with E-state index in [2.05, 4.69) is 0 Å². The van der Waals surface area contributed by atoms with Gasteiger partial charge < -0.3 is 5.73 Å². The van der Waals surface area contributed by atoms with Crippen LogP contribution in [-0.2, 0) is 9.84 Å². The van der Waals surface area contributed by atoms with Crippen molar-refractivity contribution in [3.63, 3.8) is 0 Å². The highest BCUT2D eigenvalue weighted by Crippen LogP contribution is 2.18. The number of hydrogen-bond donors (Lipinski definition) is 1. The summed E-state index contributed by atoms with van der Waals surface area (Å²) in [6.45, 7) is 1.90. The third kappa shape index (κ3) is 3.03. The zero-order chi connectivity index (χ0) is 13.9. The Morgan fingerprint density at radius 3 is 2.16 bits per heavy atom. The molecule has 0 fully saturated rings. The summed E-state index contributed by atoms with van der Waals surface area (Å²) < 4.78 is 24.5. The Morgan fingerprint density at radius 2 is 1.58 bits per heavy atom. The molecule has 0 radical (unpaired) electrons. The maximum Gasteiger partial charge on any atom is 0.221 e. The Kier molecular flexibility index (Phi) is 3.71. The van der Waals surface area contributed by atoms with E-state index in [1.807, 2.05) is 25.1 Å².